The van der Waals surface area contributed by atoms with E-state index >= 15 is 0 Å². The lowest BCUT2D eigenvalue weighted by Crippen LogP contribution is -2.18. The standard InChI is InChI=1S/C14H16N4O3/c1-3-4-8-15-17-14(19)12-9(2)10-6-5-7-11(18(20)21)13(10)16-12/h5-8,16H,3-4H2,1-2H3,(H,17,19)/b15-8-. The number of carbonyl (C=O) groups is 1. The predicted octanol–water partition coefficient (Wildman–Crippen LogP) is 2.90. The van der Waals surface area contributed by atoms with Gasteiger partial charge < -0.3 is 4.98 Å². The Morgan fingerprint density at radius 3 is 2.95 bits per heavy atom. The highest BCUT2D eigenvalue weighted by Crippen LogP contribution is 2.28. The van der Waals surface area contributed by atoms with Crippen molar-refractivity contribution in [3.05, 3.63) is 39.6 Å². The Bertz CT molecular complexity index is 718. The van der Waals surface area contributed by atoms with Gasteiger partial charge in [0.25, 0.3) is 11.6 Å². The molecule has 0 fully saturated rings. The van der Waals surface area contributed by atoms with Gasteiger partial charge in [-0.05, 0) is 18.9 Å². The highest BCUT2D eigenvalue weighted by atomic mass is 16.6. The van der Waals surface area contributed by atoms with E-state index in [-0.39, 0.29) is 11.4 Å². The number of nitro groups is 1. The molecule has 1 heterocycles. The molecule has 7 heteroatoms. The molecule has 0 aliphatic carbocycles. The van der Waals surface area contributed by atoms with Crippen molar-refractivity contribution in [1.29, 1.82) is 0 Å². The molecule has 1 amide bonds. The number of amides is 1. The average Bonchev–Trinajstić information content (AvgIpc) is 2.81. The maximum atomic E-state index is 12.1. The molecule has 0 radical (unpaired) electrons. The fraction of sp³-hybridized carbons (Fsp3) is 0.286. The number of fused-ring (bicyclic) bond motifs is 1. The average molecular weight is 288 g/mol. The number of H-pyrrole nitrogens is 1. The fourth-order valence-electron chi connectivity index (χ4n) is 2.07. The Kier molecular flexibility index (Phi) is 4.32. The highest BCUT2D eigenvalue weighted by Gasteiger charge is 2.20. The van der Waals surface area contributed by atoms with Crippen LogP contribution in [0.15, 0.2) is 23.3 Å². The number of aryl methyl sites for hydroxylation is 1. The van der Waals surface area contributed by atoms with E-state index in [0.29, 0.717) is 16.5 Å². The number of hydrogen-bond donors (Lipinski definition) is 2. The van der Waals surface area contributed by atoms with Gasteiger partial charge in [0.1, 0.15) is 11.2 Å². The Labute approximate surface area is 121 Å². The zero-order valence-corrected chi connectivity index (χ0v) is 11.8. The highest BCUT2D eigenvalue weighted by molar-refractivity contribution is 6.03. The van der Waals surface area contributed by atoms with E-state index in [1.807, 2.05) is 6.92 Å². The number of nitrogens with one attached hydrogen (secondary N) is 2. The van der Waals surface area contributed by atoms with Crippen LogP contribution >= 0.6 is 0 Å². The number of hydrazone groups is 1. The fourth-order valence-corrected chi connectivity index (χ4v) is 2.07. The molecule has 0 bridgehead atoms. The van der Waals surface area contributed by atoms with Gasteiger partial charge in [-0.25, -0.2) is 5.43 Å². The van der Waals surface area contributed by atoms with Crippen molar-refractivity contribution in [2.75, 3.05) is 0 Å². The predicted molar refractivity (Wildman–Crippen MR) is 80.6 cm³/mol. The molecule has 21 heavy (non-hydrogen) atoms. The second kappa shape index (κ2) is 6.17. The molecule has 2 N–H and O–H groups in total. The Morgan fingerprint density at radius 2 is 2.29 bits per heavy atom. The molecular formula is C14H16N4O3. The summed E-state index contributed by atoms with van der Waals surface area (Å²) < 4.78 is 0. The molecule has 0 saturated carbocycles. The van der Waals surface area contributed by atoms with Gasteiger partial charge in [-0.1, -0.05) is 25.5 Å². The molecule has 0 atom stereocenters. The molecule has 2 rings (SSSR count). The number of non-ortho nitro benzene ring substituents is 1. The monoisotopic (exact) mass is 288 g/mol. The van der Waals surface area contributed by atoms with E-state index in [2.05, 4.69) is 15.5 Å². The molecule has 1 aromatic heterocycles. The van der Waals surface area contributed by atoms with Crippen LogP contribution in [0, 0.1) is 17.0 Å². The van der Waals surface area contributed by atoms with Crippen molar-refractivity contribution in [3.8, 4) is 0 Å². The van der Waals surface area contributed by atoms with Crippen molar-refractivity contribution in [1.82, 2.24) is 10.4 Å². The Hall–Kier alpha value is -2.70. The number of hydrogen-bond acceptors (Lipinski definition) is 4. The van der Waals surface area contributed by atoms with Gasteiger partial charge in [-0.2, -0.15) is 5.10 Å². The first-order chi connectivity index (χ1) is 10.1. The van der Waals surface area contributed by atoms with Crippen LogP contribution < -0.4 is 5.43 Å². The van der Waals surface area contributed by atoms with Crippen LogP contribution in [0.4, 0.5) is 5.69 Å². The van der Waals surface area contributed by atoms with E-state index in [1.54, 1.807) is 25.3 Å². The van der Waals surface area contributed by atoms with Gasteiger partial charge >= 0.3 is 0 Å². The zero-order valence-electron chi connectivity index (χ0n) is 11.8. The number of unbranched alkanes of at least 4 members (excludes halogenated alkanes) is 1. The van der Waals surface area contributed by atoms with E-state index < -0.39 is 10.8 Å². The number of aromatic nitrogens is 1. The SMILES string of the molecule is CCC/C=N\NC(=O)c1[nH]c2c([N+](=O)[O-])cccc2c1C. The normalized spacial score (nSPS) is 11.1. The van der Waals surface area contributed by atoms with Crippen LogP contribution in [0.3, 0.4) is 0 Å². The first-order valence-corrected chi connectivity index (χ1v) is 6.63. The van der Waals surface area contributed by atoms with Gasteiger partial charge in [0.2, 0.25) is 0 Å². The van der Waals surface area contributed by atoms with Gasteiger partial charge in [0, 0.05) is 17.7 Å². The quantitative estimate of drug-likeness (QED) is 0.502. The molecule has 0 aliphatic rings. The number of benzene rings is 1. The third kappa shape index (κ3) is 2.91. The summed E-state index contributed by atoms with van der Waals surface area (Å²) in [4.78, 5) is 25.4. The second-order valence-electron chi connectivity index (χ2n) is 4.62. The maximum absolute atomic E-state index is 12.1. The summed E-state index contributed by atoms with van der Waals surface area (Å²) in [7, 11) is 0. The molecule has 0 unspecified atom stereocenters. The Balaban J connectivity index is 2.37. The van der Waals surface area contributed by atoms with Crippen LogP contribution in [0.1, 0.15) is 35.8 Å². The first kappa shape index (κ1) is 14.7. The minimum atomic E-state index is -0.473. The molecule has 2 aromatic rings. The van der Waals surface area contributed by atoms with Crippen molar-refractivity contribution in [2.24, 2.45) is 5.10 Å². The van der Waals surface area contributed by atoms with Crippen LogP contribution in [0.25, 0.3) is 10.9 Å². The van der Waals surface area contributed by atoms with Crippen molar-refractivity contribution < 1.29 is 9.72 Å². The number of rotatable bonds is 5. The van der Waals surface area contributed by atoms with Crippen molar-refractivity contribution in [2.45, 2.75) is 26.7 Å². The molecule has 1 aromatic carbocycles. The summed E-state index contributed by atoms with van der Waals surface area (Å²) in [5.41, 5.74) is 3.66. The van der Waals surface area contributed by atoms with Gasteiger partial charge in [-0.15, -0.1) is 0 Å². The van der Waals surface area contributed by atoms with Crippen LogP contribution in [-0.4, -0.2) is 22.0 Å². The molecule has 110 valence electrons. The van der Waals surface area contributed by atoms with Crippen LogP contribution in [0.5, 0.6) is 0 Å². The number of nitro benzene ring substituents is 1. The number of carbonyl (C=O) groups excluding carboxylic acids is 1. The third-order valence-corrected chi connectivity index (χ3v) is 3.17. The third-order valence-electron chi connectivity index (χ3n) is 3.17. The second-order valence-corrected chi connectivity index (χ2v) is 4.62. The summed E-state index contributed by atoms with van der Waals surface area (Å²) in [5.74, 6) is -0.412. The van der Waals surface area contributed by atoms with E-state index in [1.165, 1.54) is 6.07 Å². The molecule has 7 nitrogen and oxygen atoms in total. The molecule has 0 aliphatic heterocycles. The largest absolute Gasteiger partial charge is 0.345 e. The van der Waals surface area contributed by atoms with E-state index in [9.17, 15) is 14.9 Å². The smallest absolute Gasteiger partial charge is 0.293 e. The Morgan fingerprint density at radius 1 is 1.52 bits per heavy atom. The summed E-state index contributed by atoms with van der Waals surface area (Å²) in [5, 5.41) is 15.5. The summed E-state index contributed by atoms with van der Waals surface area (Å²) in [6.45, 7) is 3.75. The molecule has 0 spiro atoms. The topological polar surface area (TPSA) is 100 Å². The lowest BCUT2D eigenvalue weighted by atomic mass is 10.1. The van der Waals surface area contributed by atoms with Crippen molar-refractivity contribution in [3.63, 3.8) is 0 Å². The first-order valence-electron chi connectivity index (χ1n) is 6.63. The maximum Gasteiger partial charge on any atom is 0.293 e. The minimum Gasteiger partial charge on any atom is -0.345 e. The number of aromatic amines is 1. The van der Waals surface area contributed by atoms with Gasteiger partial charge in [0.05, 0.1) is 4.92 Å². The van der Waals surface area contributed by atoms with E-state index in [0.717, 1.165) is 12.8 Å². The summed E-state index contributed by atoms with van der Waals surface area (Å²) in [6, 6.07) is 4.74. The van der Waals surface area contributed by atoms with Gasteiger partial charge in [-0.3, -0.25) is 14.9 Å². The van der Waals surface area contributed by atoms with Crippen LogP contribution in [0.2, 0.25) is 0 Å². The minimum absolute atomic E-state index is 0.0517. The van der Waals surface area contributed by atoms with E-state index in [4.69, 9.17) is 0 Å². The molecular weight excluding hydrogens is 272 g/mol. The zero-order chi connectivity index (χ0) is 15.4. The summed E-state index contributed by atoms with van der Waals surface area (Å²) in [6.07, 6.45) is 3.34. The lowest BCUT2D eigenvalue weighted by molar-refractivity contribution is -0.383. The van der Waals surface area contributed by atoms with Gasteiger partial charge in [0.15, 0.2) is 0 Å². The number of para-hydroxylation sites is 1. The summed E-state index contributed by atoms with van der Waals surface area (Å²) >= 11 is 0. The van der Waals surface area contributed by atoms with Crippen LogP contribution in [-0.2, 0) is 0 Å². The van der Waals surface area contributed by atoms with Crippen molar-refractivity contribution >= 4 is 28.7 Å². The number of nitrogens with zero attached hydrogens (tertiary/aromatic N) is 2. The lowest BCUT2D eigenvalue weighted by Gasteiger charge is -1.98. The molecule has 0 saturated heterocycles.